The summed E-state index contributed by atoms with van der Waals surface area (Å²) in [6.07, 6.45) is 3.95. The quantitative estimate of drug-likeness (QED) is 0.846. The first-order chi connectivity index (χ1) is 8.86. The van der Waals surface area contributed by atoms with Crippen molar-refractivity contribution in [3.8, 4) is 0 Å². The van der Waals surface area contributed by atoms with E-state index >= 15 is 0 Å². The number of fused-ring (bicyclic) bond motifs is 1. The van der Waals surface area contributed by atoms with Crippen LogP contribution in [0.5, 0.6) is 0 Å². The number of unbranched alkanes of at least 4 members (excludes halogenated alkanes) is 1. The second-order valence-corrected chi connectivity index (χ2v) is 4.34. The van der Waals surface area contributed by atoms with Crippen molar-refractivity contribution < 1.29 is 0 Å². The molecular weight excluding hydrogens is 224 g/mol. The first kappa shape index (κ1) is 12.8. The molecule has 96 valence electrons. The van der Waals surface area contributed by atoms with E-state index in [1.54, 1.807) is 6.33 Å². The lowest BCUT2D eigenvalue weighted by Crippen LogP contribution is -2.31. The average molecular weight is 244 g/mol. The van der Waals surface area contributed by atoms with Crippen molar-refractivity contribution >= 4 is 16.7 Å². The third-order valence-electron chi connectivity index (χ3n) is 3.00. The molecule has 2 aromatic rings. The molecule has 0 radical (unpaired) electrons. The smallest absolute Gasteiger partial charge is 0.139 e. The van der Waals surface area contributed by atoms with Crippen LogP contribution in [0.2, 0.25) is 0 Å². The summed E-state index contributed by atoms with van der Waals surface area (Å²) in [6, 6.07) is 8.11. The van der Waals surface area contributed by atoms with Crippen LogP contribution in [0, 0.1) is 0 Å². The fourth-order valence-electron chi connectivity index (χ4n) is 2.07. The topological polar surface area (TPSA) is 55.0 Å². The molecule has 0 saturated carbocycles. The molecule has 0 aliphatic heterocycles. The number of hydrogen-bond acceptors (Lipinski definition) is 4. The van der Waals surface area contributed by atoms with Gasteiger partial charge in [0.05, 0.1) is 5.52 Å². The maximum Gasteiger partial charge on any atom is 0.139 e. The van der Waals surface area contributed by atoms with Crippen molar-refractivity contribution in [3.63, 3.8) is 0 Å². The maximum atomic E-state index is 5.70. The zero-order valence-corrected chi connectivity index (χ0v) is 10.8. The van der Waals surface area contributed by atoms with Gasteiger partial charge in [0.1, 0.15) is 12.1 Å². The molecule has 2 rings (SSSR count). The molecule has 0 spiro atoms. The molecule has 0 amide bonds. The molecule has 0 saturated heterocycles. The molecule has 4 heteroatoms. The van der Waals surface area contributed by atoms with Crippen LogP contribution in [0.4, 0.5) is 5.82 Å². The molecule has 0 unspecified atom stereocenters. The number of aromatic nitrogens is 2. The predicted molar refractivity (Wildman–Crippen MR) is 75.7 cm³/mol. The molecule has 1 heterocycles. The summed E-state index contributed by atoms with van der Waals surface area (Å²) in [6.45, 7) is 4.66. The van der Waals surface area contributed by atoms with Gasteiger partial charge in [-0.05, 0) is 18.6 Å². The van der Waals surface area contributed by atoms with Crippen molar-refractivity contribution in [2.45, 2.75) is 19.8 Å². The fraction of sp³-hybridized carbons (Fsp3) is 0.429. The van der Waals surface area contributed by atoms with Crippen LogP contribution < -0.4 is 10.6 Å². The summed E-state index contributed by atoms with van der Waals surface area (Å²) in [7, 11) is 0. The summed E-state index contributed by atoms with van der Waals surface area (Å²) in [5.74, 6) is 1.000. The molecule has 0 fully saturated rings. The molecule has 0 bridgehead atoms. The van der Waals surface area contributed by atoms with E-state index in [-0.39, 0.29) is 0 Å². The van der Waals surface area contributed by atoms with Crippen molar-refractivity contribution in [2.75, 3.05) is 24.5 Å². The van der Waals surface area contributed by atoms with Crippen LogP contribution in [-0.2, 0) is 0 Å². The van der Waals surface area contributed by atoms with Gasteiger partial charge in [-0.1, -0.05) is 25.5 Å². The molecule has 1 aromatic heterocycles. The predicted octanol–water partition coefficient (Wildman–Crippen LogP) is 2.19. The molecule has 0 atom stereocenters. The van der Waals surface area contributed by atoms with Gasteiger partial charge in [-0.3, -0.25) is 0 Å². The third-order valence-corrected chi connectivity index (χ3v) is 3.00. The van der Waals surface area contributed by atoms with Gasteiger partial charge in [0.2, 0.25) is 0 Å². The lowest BCUT2D eigenvalue weighted by molar-refractivity contribution is 0.709. The molecule has 2 N–H and O–H groups in total. The summed E-state index contributed by atoms with van der Waals surface area (Å²) >= 11 is 0. The Morgan fingerprint density at radius 1 is 1.17 bits per heavy atom. The van der Waals surface area contributed by atoms with E-state index in [1.165, 1.54) is 6.42 Å². The van der Waals surface area contributed by atoms with Gasteiger partial charge in [-0.25, -0.2) is 9.97 Å². The lowest BCUT2D eigenvalue weighted by Gasteiger charge is -2.23. The first-order valence-electron chi connectivity index (χ1n) is 6.51. The normalized spacial score (nSPS) is 10.8. The Balaban J connectivity index is 2.36. The SMILES string of the molecule is CCCCN(CCN)c1ncnc2ccccc12. The largest absolute Gasteiger partial charge is 0.355 e. The summed E-state index contributed by atoms with van der Waals surface area (Å²) < 4.78 is 0. The zero-order chi connectivity index (χ0) is 12.8. The Kier molecular flexibility index (Phi) is 4.47. The number of rotatable bonds is 6. The van der Waals surface area contributed by atoms with E-state index in [9.17, 15) is 0 Å². The highest BCUT2D eigenvalue weighted by Gasteiger charge is 2.10. The third kappa shape index (κ3) is 2.76. The van der Waals surface area contributed by atoms with Crippen molar-refractivity contribution in [1.29, 1.82) is 0 Å². The van der Waals surface area contributed by atoms with Gasteiger partial charge >= 0.3 is 0 Å². The Bertz CT molecular complexity index is 493. The minimum absolute atomic E-state index is 0.641. The molecule has 1 aromatic carbocycles. The van der Waals surface area contributed by atoms with E-state index < -0.39 is 0 Å². The van der Waals surface area contributed by atoms with Crippen molar-refractivity contribution in [2.24, 2.45) is 5.73 Å². The number of nitrogens with zero attached hydrogens (tertiary/aromatic N) is 3. The van der Waals surface area contributed by atoms with Gasteiger partial charge in [-0.15, -0.1) is 0 Å². The van der Waals surface area contributed by atoms with Crippen molar-refractivity contribution in [3.05, 3.63) is 30.6 Å². The maximum absolute atomic E-state index is 5.70. The van der Waals surface area contributed by atoms with Crippen LogP contribution in [0.25, 0.3) is 10.9 Å². The number of benzene rings is 1. The van der Waals surface area contributed by atoms with E-state index in [2.05, 4.69) is 27.9 Å². The van der Waals surface area contributed by atoms with Crippen LogP contribution in [0.15, 0.2) is 30.6 Å². The molecular formula is C14H20N4. The first-order valence-corrected chi connectivity index (χ1v) is 6.51. The van der Waals surface area contributed by atoms with Crippen molar-refractivity contribution in [1.82, 2.24) is 9.97 Å². The molecule has 0 aliphatic rings. The highest BCUT2D eigenvalue weighted by molar-refractivity contribution is 5.89. The van der Waals surface area contributed by atoms with Gasteiger partial charge in [0, 0.05) is 25.0 Å². The Morgan fingerprint density at radius 2 is 2.00 bits per heavy atom. The zero-order valence-electron chi connectivity index (χ0n) is 10.8. The minimum Gasteiger partial charge on any atom is -0.355 e. The summed E-state index contributed by atoms with van der Waals surface area (Å²) in [5.41, 5.74) is 6.68. The number of hydrogen-bond donors (Lipinski definition) is 1. The Hall–Kier alpha value is -1.68. The monoisotopic (exact) mass is 244 g/mol. The van der Waals surface area contributed by atoms with Gasteiger partial charge in [0.25, 0.3) is 0 Å². The van der Waals surface area contributed by atoms with Gasteiger partial charge < -0.3 is 10.6 Å². The number of anilines is 1. The second kappa shape index (κ2) is 6.31. The standard InChI is InChI=1S/C14H20N4/c1-2-3-9-18(10-8-15)14-12-6-4-5-7-13(12)16-11-17-14/h4-7,11H,2-3,8-10,15H2,1H3. The van der Waals surface area contributed by atoms with Gasteiger partial charge in [-0.2, -0.15) is 0 Å². The Labute approximate surface area is 108 Å². The minimum atomic E-state index is 0.641. The summed E-state index contributed by atoms with van der Waals surface area (Å²) in [5, 5.41) is 1.10. The Morgan fingerprint density at radius 3 is 2.78 bits per heavy atom. The highest BCUT2D eigenvalue weighted by atomic mass is 15.2. The van der Waals surface area contributed by atoms with E-state index in [0.717, 1.165) is 36.2 Å². The second-order valence-electron chi connectivity index (χ2n) is 4.34. The van der Waals surface area contributed by atoms with Crippen LogP contribution in [0.3, 0.4) is 0 Å². The van der Waals surface area contributed by atoms with Crippen LogP contribution in [-0.4, -0.2) is 29.6 Å². The number of nitrogens with two attached hydrogens (primary N) is 1. The van der Waals surface area contributed by atoms with Crippen LogP contribution in [0.1, 0.15) is 19.8 Å². The van der Waals surface area contributed by atoms with E-state index in [1.807, 2.05) is 18.2 Å². The van der Waals surface area contributed by atoms with E-state index in [0.29, 0.717) is 6.54 Å². The average Bonchev–Trinajstić information content (AvgIpc) is 2.43. The van der Waals surface area contributed by atoms with Gasteiger partial charge in [0.15, 0.2) is 0 Å². The molecule has 4 nitrogen and oxygen atoms in total. The lowest BCUT2D eigenvalue weighted by atomic mass is 10.2. The molecule has 0 aliphatic carbocycles. The molecule has 18 heavy (non-hydrogen) atoms. The van der Waals surface area contributed by atoms with Crippen LogP contribution >= 0.6 is 0 Å². The highest BCUT2D eigenvalue weighted by Crippen LogP contribution is 2.22. The fourth-order valence-corrected chi connectivity index (χ4v) is 2.07. The number of para-hydroxylation sites is 1. The van der Waals surface area contributed by atoms with E-state index in [4.69, 9.17) is 5.73 Å². The summed E-state index contributed by atoms with van der Waals surface area (Å²) in [4.78, 5) is 11.0.